The molecule has 0 unspecified atom stereocenters. The zero-order chi connectivity index (χ0) is 11.8. The molecule has 1 aliphatic rings. The molecule has 0 fully saturated rings. The Bertz CT molecular complexity index is 618. The number of nitrogens with one attached hydrogen (secondary N) is 1. The molecule has 17 heavy (non-hydrogen) atoms. The number of hydrogen-bond donors (Lipinski definition) is 1. The molecule has 0 aliphatic carbocycles. The summed E-state index contributed by atoms with van der Waals surface area (Å²) in [6.45, 7) is 0.830. The van der Waals surface area contributed by atoms with E-state index in [1.54, 1.807) is 7.11 Å². The van der Waals surface area contributed by atoms with Gasteiger partial charge in [0, 0.05) is 17.5 Å². The third-order valence-electron chi connectivity index (χ3n) is 3.25. The molecule has 0 saturated heterocycles. The van der Waals surface area contributed by atoms with Crippen LogP contribution in [-0.2, 0) is 11.3 Å². The van der Waals surface area contributed by atoms with E-state index in [9.17, 15) is 4.79 Å². The smallest absolute Gasteiger partial charge is 0.253 e. The Morgan fingerprint density at radius 3 is 3.00 bits per heavy atom. The highest BCUT2D eigenvalue weighted by atomic mass is 16.7. The van der Waals surface area contributed by atoms with Gasteiger partial charge in [-0.25, -0.2) is 0 Å². The summed E-state index contributed by atoms with van der Waals surface area (Å²) in [6.07, 6.45) is 1.76. The molecule has 1 aromatic carbocycles. The lowest BCUT2D eigenvalue weighted by Crippen LogP contribution is -2.32. The number of nitrogens with zero attached hydrogens (tertiary/aromatic N) is 1. The van der Waals surface area contributed by atoms with Gasteiger partial charge in [0.25, 0.3) is 5.56 Å². The molecular formula is C13H14N2O2. The molecule has 3 rings (SSSR count). The summed E-state index contributed by atoms with van der Waals surface area (Å²) < 4.78 is 0. The molecule has 2 aromatic rings. The summed E-state index contributed by atoms with van der Waals surface area (Å²) in [4.78, 5) is 20.3. The molecule has 0 radical (unpaired) electrons. The summed E-state index contributed by atoms with van der Waals surface area (Å²) in [5.41, 5.74) is 2.62. The van der Waals surface area contributed by atoms with Crippen molar-refractivity contribution in [2.24, 2.45) is 0 Å². The van der Waals surface area contributed by atoms with Crippen LogP contribution in [0.5, 0.6) is 0 Å². The third-order valence-corrected chi connectivity index (χ3v) is 3.25. The van der Waals surface area contributed by atoms with Gasteiger partial charge in [0.05, 0.1) is 18.3 Å². The van der Waals surface area contributed by atoms with Gasteiger partial charge in [0.15, 0.2) is 0 Å². The zero-order valence-corrected chi connectivity index (χ0v) is 9.69. The van der Waals surface area contributed by atoms with Crippen molar-refractivity contribution in [1.82, 2.24) is 4.98 Å². The van der Waals surface area contributed by atoms with Crippen LogP contribution in [0.4, 0.5) is 5.69 Å². The van der Waals surface area contributed by atoms with E-state index in [0.29, 0.717) is 0 Å². The van der Waals surface area contributed by atoms with E-state index in [4.69, 9.17) is 4.84 Å². The van der Waals surface area contributed by atoms with E-state index in [1.807, 2.05) is 29.3 Å². The largest absolute Gasteiger partial charge is 0.322 e. The number of hydroxylamine groups is 1. The number of benzene rings is 1. The average molecular weight is 230 g/mol. The Morgan fingerprint density at radius 2 is 2.18 bits per heavy atom. The molecule has 0 saturated carbocycles. The van der Waals surface area contributed by atoms with Crippen LogP contribution in [-0.4, -0.2) is 18.6 Å². The van der Waals surface area contributed by atoms with Gasteiger partial charge in [-0.05, 0) is 18.9 Å². The minimum Gasteiger partial charge on any atom is -0.322 e. The van der Waals surface area contributed by atoms with Crippen LogP contribution < -0.4 is 10.6 Å². The Kier molecular flexibility index (Phi) is 2.37. The van der Waals surface area contributed by atoms with Gasteiger partial charge in [-0.2, -0.15) is 0 Å². The van der Waals surface area contributed by atoms with Gasteiger partial charge in [-0.15, -0.1) is 0 Å². The number of anilines is 1. The Morgan fingerprint density at radius 1 is 1.35 bits per heavy atom. The summed E-state index contributed by atoms with van der Waals surface area (Å²) in [5, 5.41) is 2.86. The number of para-hydroxylation sites is 1. The standard InChI is InChI=1S/C13H14N2O2/c1-17-15-8-4-6-10-12(15)9-5-2-3-7-11(9)14-13(10)16/h2-3,5,7H,4,6,8H2,1H3,(H,14,16). The lowest BCUT2D eigenvalue weighted by Gasteiger charge is -2.29. The number of rotatable bonds is 1. The van der Waals surface area contributed by atoms with Gasteiger partial charge in [0.1, 0.15) is 0 Å². The fourth-order valence-corrected chi connectivity index (χ4v) is 2.48. The minimum absolute atomic E-state index is 0.000417. The SMILES string of the molecule is CON1CCCc2c1c1ccccc1[nH]c2=O. The Balaban J connectivity index is 2.40. The second-order valence-electron chi connectivity index (χ2n) is 4.22. The third kappa shape index (κ3) is 1.52. The maximum Gasteiger partial charge on any atom is 0.253 e. The van der Waals surface area contributed by atoms with Gasteiger partial charge >= 0.3 is 0 Å². The zero-order valence-electron chi connectivity index (χ0n) is 9.69. The number of aromatic nitrogens is 1. The Labute approximate surface area is 98.8 Å². The van der Waals surface area contributed by atoms with E-state index < -0.39 is 0 Å². The number of H-pyrrole nitrogens is 1. The first-order valence-corrected chi connectivity index (χ1v) is 5.77. The van der Waals surface area contributed by atoms with Crippen molar-refractivity contribution >= 4 is 16.6 Å². The molecule has 4 heteroatoms. The number of pyridine rings is 1. The first-order chi connectivity index (χ1) is 8.31. The van der Waals surface area contributed by atoms with Crippen molar-refractivity contribution in [1.29, 1.82) is 0 Å². The van der Waals surface area contributed by atoms with Crippen LogP contribution in [0, 0.1) is 0 Å². The van der Waals surface area contributed by atoms with Gasteiger partial charge < -0.3 is 4.98 Å². The van der Waals surface area contributed by atoms with Crippen LogP contribution in [0.3, 0.4) is 0 Å². The van der Waals surface area contributed by atoms with Gasteiger partial charge in [-0.3, -0.25) is 14.7 Å². The lowest BCUT2D eigenvalue weighted by molar-refractivity contribution is 0.162. The highest BCUT2D eigenvalue weighted by molar-refractivity contribution is 5.93. The lowest BCUT2D eigenvalue weighted by atomic mass is 10.0. The van der Waals surface area contributed by atoms with E-state index >= 15 is 0 Å². The molecule has 1 aliphatic heterocycles. The van der Waals surface area contributed by atoms with Crippen molar-refractivity contribution in [3.63, 3.8) is 0 Å². The summed E-state index contributed by atoms with van der Waals surface area (Å²) in [7, 11) is 1.64. The number of fused-ring (bicyclic) bond motifs is 3. The van der Waals surface area contributed by atoms with Crippen LogP contribution in [0.2, 0.25) is 0 Å². The van der Waals surface area contributed by atoms with Gasteiger partial charge in [-0.1, -0.05) is 18.2 Å². The van der Waals surface area contributed by atoms with Crippen LogP contribution in [0.25, 0.3) is 10.9 Å². The van der Waals surface area contributed by atoms with Crippen LogP contribution in [0.15, 0.2) is 29.1 Å². The number of aromatic amines is 1. The number of hydrogen-bond acceptors (Lipinski definition) is 3. The quantitative estimate of drug-likeness (QED) is 0.813. The van der Waals surface area contributed by atoms with E-state index in [2.05, 4.69) is 4.98 Å². The van der Waals surface area contributed by atoms with Crippen molar-refractivity contribution < 1.29 is 4.84 Å². The maximum atomic E-state index is 12.0. The predicted octanol–water partition coefficient (Wildman–Crippen LogP) is 1.84. The first kappa shape index (κ1) is 10.4. The fourth-order valence-electron chi connectivity index (χ4n) is 2.48. The first-order valence-electron chi connectivity index (χ1n) is 5.77. The molecule has 0 bridgehead atoms. The highest BCUT2D eigenvalue weighted by Crippen LogP contribution is 2.31. The molecule has 88 valence electrons. The molecular weight excluding hydrogens is 216 g/mol. The Hall–Kier alpha value is -1.81. The summed E-state index contributed by atoms with van der Waals surface area (Å²) >= 11 is 0. The second-order valence-corrected chi connectivity index (χ2v) is 4.22. The molecule has 0 atom stereocenters. The fraction of sp³-hybridized carbons (Fsp3) is 0.308. The van der Waals surface area contributed by atoms with Crippen molar-refractivity contribution in [3.8, 4) is 0 Å². The molecule has 0 amide bonds. The van der Waals surface area contributed by atoms with Crippen LogP contribution in [0.1, 0.15) is 12.0 Å². The predicted molar refractivity (Wildman–Crippen MR) is 67.2 cm³/mol. The topological polar surface area (TPSA) is 45.3 Å². The van der Waals surface area contributed by atoms with Crippen LogP contribution >= 0.6 is 0 Å². The second kappa shape index (κ2) is 3.89. The molecule has 2 heterocycles. The minimum atomic E-state index is 0.000417. The maximum absolute atomic E-state index is 12.0. The van der Waals surface area contributed by atoms with Gasteiger partial charge in [0.2, 0.25) is 0 Å². The monoisotopic (exact) mass is 230 g/mol. The molecule has 0 spiro atoms. The molecule has 4 nitrogen and oxygen atoms in total. The van der Waals surface area contributed by atoms with E-state index in [1.165, 1.54) is 0 Å². The normalized spacial score (nSPS) is 15.0. The highest BCUT2D eigenvalue weighted by Gasteiger charge is 2.22. The average Bonchev–Trinajstić information content (AvgIpc) is 2.38. The summed E-state index contributed by atoms with van der Waals surface area (Å²) in [5.74, 6) is 0. The van der Waals surface area contributed by atoms with Crippen molar-refractivity contribution in [2.75, 3.05) is 18.7 Å². The van der Waals surface area contributed by atoms with E-state index in [0.717, 1.165) is 41.5 Å². The molecule has 1 aromatic heterocycles. The summed E-state index contributed by atoms with van der Waals surface area (Å²) in [6, 6.07) is 7.83. The van der Waals surface area contributed by atoms with E-state index in [-0.39, 0.29) is 5.56 Å². The molecule has 1 N–H and O–H groups in total. The van der Waals surface area contributed by atoms with Crippen molar-refractivity contribution in [3.05, 3.63) is 40.2 Å². The van der Waals surface area contributed by atoms with Crippen molar-refractivity contribution in [2.45, 2.75) is 12.8 Å².